The van der Waals surface area contributed by atoms with Gasteiger partial charge in [-0.2, -0.15) is 13.2 Å². The first-order valence-electron chi connectivity index (χ1n) is 5.86. The lowest BCUT2D eigenvalue weighted by molar-refractivity contribution is -0.152. The van der Waals surface area contributed by atoms with E-state index in [-0.39, 0.29) is 18.5 Å². The molecular formula is C11H23F3N2. The van der Waals surface area contributed by atoms with E-state index in [1.54, 1.807) is 0 Å². The molecule has 0 aromatic carbocycles. The van der Waals surface area contributed by atoms with Crippen LogP contribution in [0.1, 0.15) is 33.6 Å². The maximum Gasteiger partial charge on any atom is 0.401 e. The van der Waals surface area contributed by atoms with E-state index in [4.69, 9.17) is 5.73 Å². The third-order valence-corrected chi connectivity index (χ3v) is 2.90. The Bertz CT molecular complexity index is 183. The van der Waals surface area contributed by atoms with Crippen molar-refractivity contribution in [2.75, 3.05) is 19.6 Å². The maximum absolute atomic E-state index is 12.4. The topological polar surface area (TPSA) is 29.3 Å². The summed E-state index contributed by atoms with van der Waals surface area (Å²) in [6.45, 7) is 5.69. The number of rotatable bonds is 7. The van der Waals surface area contributed by atoms with Gasteiger partial charge >= 0.3 is 6.18 Å². The van der Waals surface area contributed by atoms with Crippen LogP contribution in [0.2, 0.25) is 0 Å². The minimum absolute atomic E-state index is 0.174. The van der Waals surface area contributed by atoms with Gasteiger partial charge in [-0.15, -0.1) is 0 Å². The molecule has 0 spiro atoms. The summed E-state index contributed by atoms with van der Waals surface area (Å²) in [5.41, 5.74) is 5.59. The van der Waals surface area contributed by atoms with Gasteiger partial charge in [0, 0.05) is 12.6 Å². The van der Waals surface area contributed by atoms with Crippen molar-refractivity contribution in [3.05, 3.63) is 0 Å². The molecule has 2 N–H and O–H groups in total. The van der Waals surface area contributed by atoms with Gasteiger partial charge in [-0.1, -0.05) is 27.2 Å². The summed E-state index contributed by atoms with van der Waals surface area (Å²) in [6, 6.07) is -0.174. The SMILES string of the molecule is CCCN(CC(F)(F)F)C(CN)C(C)CC. The predicted molar refractivity (Wildman–Crippen MR) is 60.2 cm³/mol. The van der Waals surface area contributed by atoms with Crippen molar-refractivity contribution in [3.63, 3.8) is 0 Å². The molecule has 0 bridgehead atoms. The smallest absolute Gasteiger partial charge is 0.329 e. The van der Waals surface area contributed by atoms with Crippen LogP contribution in [-0.2, 0) is 0 Å². The summed E-state index contributed by atoms with van der Waals surface area (Å²) >= 11 is 0. The summed E-state index contributed by atoms with van der Waals surface area (Å²) < 4.78 is 37.2. The molecule has 0 aliphatic carbocycles. The third-order valence-electron chi connectivity index (χ3n) is 2.90. The van der Waals surface area contributed by atoms with Gasteiger partial charge in [0.1, 0.15) is 0 Å². The highest BCUT2D eigenvalue weighted by molar-refractivity contribution is 4.79. The van der Waals surface area contributed by atoms with Crippen LogP contribution >= 0.6 is 0 Å². The predicted octanol–water partition coefficient (Wildman–Crippen LogP) is 2.63. The molecule has 0 amide bonds. The van der Waals surface area contributed by atoms with Gasteiger partial charge in [0.05, 0.1) is 6.54 Å². The Hall–Kier alpha value is -0.290. The molecule has 0 radical (unpaired) electrons. The molecule has 5 heteroatoms. The average Bonchev–Trinajstić information content (AvgIpc) is 2.16. The molecule has 2 nitrogen and oxygen atoms in total. The Balaban J connectivity index is 4.58. The van der Waals surface area contributed by atoms with Gasteiger partial charge in [0.15, 0.2) is 0 Å². The van der Waals surface area contributed by atoms with E-state index in [0.29, 0.717) is 13.0 Å². The molecule has 98 valence electrons. The van der Waals surface area contributed by atoms with Crippen LogP contribution in [0.15, 0.2) is 0 Å². The largest absolute Gasteiger partial charge is 0.401 e. The first kappa shape index (κ1) is 15.7. The number of hydrogen-bond acceptors (Lipinski definition) is 2. The Morgan fingerprint density at radius 1 is 1.25 bits per heavy atom. The van der Waals surface area contributed by atoms with Crippen LogP contribution in [0.5, 0.6) is 0 Å². The second-order valence-electron chi connectivity index (χ2n) is 4.27. The molecule has 0 aliphatic rings. The molecule has 0 saturated carbocycles. The van der Waals surface area contributed by atoms with E-state index in [9.17, 15) is 13.2 Å². The number of nitrogens with zero attached hydrogens (tertiary/aromatic N) is 1. The molecule has 0 saturated heterocycles. The lowest BCUT2D eigenvalue weighted by Gasteiger charge is -2.35. The zero-order valence-corrected chi connectivity index (χ0v) is 10.3. The normalized spacial score (nSPS) is 16.5. The van der Waals surface area contributed by atoms with Gasteiger partial charge in [0.25, 0.3) is 0 Å². The summed E-state index contributed by atoms with van der Waals surface area (Å²) in [7, 11) is 0. The van der Waals surface area contributed by atoms with Crippen molar-refractivity contribution >= 4 is 0 Å². The fourth-order valence-corrected chi connectivity index (χ4v) is 1.89. The van der Waals surface area contributed by atoms with Gasteiger partial charge in [-0.25, -0.2) is 0 Å². The first-order valence-corrected chi connectivity index (χ1v) is 5.86. The van der Waals surface area contributed by atoms with Gasteiger partial charge in [0.2, 0.25) is 0 Å². The molecular weight excluding hydrogens is 217 g/mol. The number of halogens is 3. The molecule has 0 aromatic heterocycles. The van der Waals surface area contributed by atoms with Gasteiger partial charge in [-0.3, -0.25) is 4.90 Å². The van der Waals surface area contributed by atoms with Crippen molar-refractivity contribution in [3.8, 4) is 0 Å². The second kappa shape index (κ2) is 7.12. The minimum atomic E-state index is -4.14. The Morgan fingerprint density at radius 2 is 1.81 bits per heavy atom. The van der Waals surface area contributed by atoms with Crippen LogP contribution in [0.4, 0.5) is 13.2 Å². The maximum atomic E-state index is 12.4. The zero-order chi connectivity index (χ0) is 12.8. The summed E-state index contributed by atoms with van der Waals surface area (Å²) in [5.74, 6) is 0.193. The molecule has 0 aromatic rings. The van der Waals surface area contributed by atoms with E-state index in [1.807, 2.05) is 20.8 Å². The van der Waals surface area contributed by atoms with E-state index in [0.717, 1.165) is 6.42 Å². The van der Waals surface area contributed by atoms with Crippen LogP contribution in [-0.4, -0.2) is 36.8 Å². The van der Waals surface area contributed by atoms with Crippen molar-refractivity contribution in [2.24, 2.45) is 11.7 Å². The molecule has 2 atom stereocenters. The van der Waals surface area contributed by atoms with Crippen molar-refractivity contribution in [1.82, 2.24) is 4.90 Å². The third kappa shape index (κ3) is 5.70. The summed E-state index contributed by atoms with van der Waals surface area (Å²) in [5, 5.41) is 0. The molecule has 0 rings (SSSR count). The van der Waals surface area contributed by atoms with Crippen LogP contribution in [0.25, 0.3) is 0 Å². The van der Waals surface area contributed by atoms with E-state index in [1.165, 1.54) is 4.90 Å². The van der Waals surface area contributed by atoms with Gasteiger partial charge < -0.3 is 5.73 Å². The molecule has 2 unspecified atom stereocenters. The second-order valence-corrected chi connectivity index (χ2v) is 4.27. The highest BCUT2D eigenvalue weighted by atomic mass is 19.4. The van der Waals surface area contributed by atoms with E-state index >= 15 is 0 Å². The monoisotopic (exact) mass is 240 g/mol. The fourth-order valence-electron chi connectivity index (χ4n) is 1.89. The summed E-state index contributed by atoms with van der Waals surface area (Å²) in [6.07, 6.45) is -2.58. The number of hydrogen-bond donors (Lipinski definition) is 1. The number of alkyl halides is 3. The van der Waals surface area contributed by atoms with Crippen LogP contribution in [0, 0.1) is 5.92 Å². The molecule has 0 heterocycles. The molecule has 16 heavy (non-hydrogen) atoms. The van der Waals surface area contributed by atoms with E-state index < -0.39 is 12.7 Å². The molecule has 0 fully saturated rings. The first-order chi connectivity index (χ1) is 7.35. The quantitative estimate of drug-likeness (QED) is 0.741. The zero-order valence-electron chi connectivity index (χ0n) is 10.3. The van der Waals surface area contributed by atoms with Crippen molar-refractivity contribution < 1.29 is 13.2 Å². The van der Waals surface area contributed by atoms with Crippen molar-refractivity contribution in [2.45, 2.75) is 45.8 Å². The van der Waals surface area contributed by atoms with Crippen LogP contribution < -0.4 is 5.73 Å². The Morgan fingerprint density at radius 3 is 2.12 bits per heavy atom. The Kier molecular flexibility index (Phi) is 6.99. The molecule has 0 aliphatic heterocycles. The van der Waals surface area contributed by atoms with E-state index in [2.05, 4.69) is 0 Å². The number of nitrogens with two attached hydrogens (primary N) is 1. The van der Waals surface area contributed by atoms with Crippen LogP contribution in [0.3, 0.4) is 0 Å². The van der Waals surface area contributed by atoms with Gasteiger partial charge in [-0.05, 0) is 18.9 Å². The minimum Gasteiger partial charge on any atom is -0.329 e. The highest BCUT2D eigenvalue weighted by Gasteiger charge is 2.34. The Labute approximate surface area is 96.0 Å². The highest BCUT2D eigenvalue weighted by Crippen LogP contribution is 2.21. The standard InChI is InChI=1S/C11H23F3N2/c1-4-6-16(8-11(12,13)14)10(7-15)9(3)5-2/h9-10H,4-8,15H2,1-3H3. The lowest BCUT2D eigenvalue weighted by Crippen LogP contribution is -2.48. The summed E-state index contributed by atoms with van der Waals surface area (Å²) in [4.78, 5) is 1.47. The van der Waals surface area contributed by atoms with Crippen molar-refractivity contribution in [1.29, 1.82) is 0 Å². The lowest BCUT2D eigenvalue weighted by atomic mass is 9.97. The average molecular weight is 240 g/mol. The fraction of sp³-hybridized carbons (Fsp3) is 1.00.